The number of amides is 2. The zero-order valence-electron chi connectivity index (χ0n) is 15.2. The maximum Gasteiger partial charge on any atom is 0.261 e. The van der Waals surface area contributed by atoms with Crippen LogP contribution >= 0.6 is 11.3 Å². The van der Waals surface area contributed by atoms with E-state index >= 15 is 0 Å². The van der Waals surface area contributed by atoms with Crippen molar-refractivity contribution < 1.29 is 9.59 Å². The fraction of sp³-hybridized carbons (Fsp3) is 0.611. The van der Waals surface area contributed by atoms with Crippen LogP contribution in [0.1, 0.15) is 59.9 Å². The van der Waals surface area contributed by atoms with Crippen LogP contribution in [0.5, 0.6) is 0 Å². The molecule has 0 aromatic carbocycles. The fourth-order valence-corrected chi connectivity index (χ4v) is 4.50. The molecule has 0 spiro atoms. The molecule has 1 saturated carbocycles. The number of aryl methyl sites for hydroxylation is 1. The highest BCUT2D eigenvalue weighted by molar-refractivity contribution is 7.20. The third-order valence-electron chi connectivity index (χ3n) is 4.84. The number of hydrogen-bond donors (Lipinski definition) is 1. The Bertz CT molecular complexity index is 771. The van der Waals surface area contributed by atoms with Crippen LogP contribution in [0.25, 0.3) is 10.2 Å². The lowest BCUT2D eigenvalue weighted by Crippen LogP contribution is -2.29. The maximum absolute atomic E-state index is 12.4. The van der Waals surface area contributed by atoms with Crippen molar-refractivity contribution in [1.82, 2.24) is 20.0 Å². The summed E-state index contributed by atoms with van der Waals surface area (Å²) in [4.78, 5) is 27.3. The van der Waals surface area contributed by atoms with Crippen LogP contribution in [0, 0.1) is 6.92 Å². The number of carbonyl (C=O) groups is 2. The first-order chi connectivity index (χ1) is 12.0. The molecule has 3 rings (SSSR count). The first kappa shape index (κ1) is 17.9. The van der Waals surface area contributed by atoms with E-state index < -0.39 is 0 Å². The van der Waals surface area contributed by atoms with Crippen molar-refractivity contribution in [2.24, 2.45) is 0 Å². The molecule has 2 amide bonds. The van der Waals surface area contributed by atoms with Gasteiger partial charge in [-0.2, -0.15) is 5.10 Å². The van der Waals surface area contributed by atoms with E-state index in [-0.39, 0.29) is 11.8 Å². The average molecular weight is 362 g/mol. The molecule has 1 N–H and O–H groups in total. The lowest BCUT2D eigenvalue weighted by Gasteiger charge is -2.22. The molecule has 0 aliphatic heterocycles. The Morgan fingerprint density at radius 2 is 2.04 bits per heavy atom. The third-order valence-corrected chi connectivity index (χ3v) is 5.96. The molecule has 7 heteroatoms. The Balaban J connectivity index is 1.72. The minimum Gasteiger partial charge on any atom is -0.351 e. The Hall–Kier alpha value is -1.89. The van der Waals surface area contributed by atoms with Gasteiger partial charge in [0.05, 0.1) is 16.6 Å². The van der Waals surface area contributed by atoms with Gasteiger partial charge in [0, 0.05) is 32.4 Å². The summed E-state index contributed by atoms with van der Waals surface area (Å²) >= 11 is 1.50. The minimum atomic E-state index is -0.109. The first-order valence-corrected chi connectivity index (χ1v) is 9.76. The standard InChI is InChI=1S/C18H26N4O2S/c1-12-14-11-15(17(24)19-10-9-16(23)21(2)3)25-18(14)22(20-12)13-7-5-4-6-8-13/h11,13H,4-10H2,1-3H3,(H,19,24). The van der Waals surface area contributed by atoms with Crippen molar-refractivity contribution >= 4 is 33.4 Å². The minimum absolute atomic E-state index is 0.0143. The highest BCUT2D eigenvalue weighted by Gasteiger charge is 2.22. The predicted molar refractivity (Wildman–Crippen MR) is 100 cm³/mol. The second kappa shape index (κ2) is 7.56. The highest BCUT2D eigenvalue weighted by Crippen LogP contribution is 2.35. The summed E-state index contributed by atoms with van der Waals surface area (Å²) in [6, 6.07) is 2.39. The summed E-state index contributed by atoms with van der Waals surface area (Å²) in [7, 11) is 3.44. The van der Waals surface area contributed by atoms with E-state index in [1.165, 1.54) is 48.3 Å². The van der Waals surface area contributed by atoms with Gasteiger partial charge in [-0.25, -0.2) is 0 Å². The monoisotopic (exact) mass is 362 g/mol. The van der Waals surface area contributed by atoms with Crippen LogP contribution in [0.2, 0.25) is 0 Å². The van der Waals surface area contributed by atoms with Gasteiger partial charge in [0.25, 0.3) is 5.91 Å². The summed E-state index contributed by atoms with van der Waals surface area (Å²) in [5.41, 5.74) is 0.985. The number of hydrogen-bond acceptors (Lipinski definition) is 4. The Morgan fingerprint density at radius 3 is 2.72 bits per heavy atom. The zero-order chi connectivity index (χ0) is 18.0. The smallest absolute Gasteiger partial charge is 0.261 e. The van der Waals surface area contributed by atoms with Gasteiger partial charge in [-0.05, 0) is 25.8 Å². The molecule has 136 valence electrons. The average Bonchev–Trinajstić information content (AvgIpc) is 3.16. The van der Waals surface area contributed by atoms with Gasteiger partial charge in [0.2, 0.25) is 5.91 Å². The van der Waals surface area contributed by atoms with Crippen molar-refractivity contribution in [2.45, 2.75) is 51.5 Å². The molecule has 0 radical (unpaired) electrons. The van der Waals surface area contributed by atoms with Gasteiger partial charge >= 0.3 is 0 Å². The van der Waals surface area contributed by atoms with Gasteiger partial charge in [-0.15, -0.1) is 11.3 Å². The molecule has 1 aliphatic carbocycles. The molecule has 2 aromatic rings. The number of rotatable bonds is 5. The van der Waals surface area contributed by atoms with Crippen molar-refractivity contribution in [3.8, 4) is 0 Å². The van der Waals surface area contributed by atoms with Gasteiger partial charge < -0.3 is 10.2 Å². The van der Waals surface area contributed by atoms with E-state index in [2.05, 4.69) is 10.00 Å². The lowest BCUT2D eigenvalue weighted by atomic mass is 9.96. The molecule has 6 nitrogen and oxygen atoms in total. The van der Waals surface area contributed by atoms with Crippen molar-refractivity contribution in [1.29, 1.82) is 0 Å². The second-order valence-electron chi connectivity index (χ2n) is 6.95. The van der Waals surface area contributed by atoms with Crippen molar-refractivity contribution in [2.75, 3.05) is 20.6 Å². The van der Waals surface area contributed by atoms with Crippen LogP contribution in [-0.2, 0) is 4.79 Å². The van der Waals surface area contributed by atoms with Crippen LogP contribution in [-0.4, -0.2) is 47.1 Å². The maximum atomic E-state index is 12.4. The molecule has 25 heavy (non-hydrogen) atoms. The van der Waals surface area contributed by atoms with E-state index in [9.17, 15) is 9.59 Å². The SMILES string of the molecule is Cc1nn(C2CCCCC2)c2sc(C(=O)NCCC(=O)N(C)C)cc12. The molecule has 0 unspecified atom stereocenters. The van der Waals surface area contributed by atoms with Gasteiger partial charge in [-0.3, -0.25) is 14.3 Å². The molecule has 2 heterocycles. The molecular formula is C18H26N4O2S. The number of nitrogens with one attached hydrogen (secondary N) is 1. The Morgan fingerprint density at radius 1 is 1.32 bits per heavy atom. The molecule has 0 saturated heterocycles. The second-order valence-corrected chi connectivity index (χ2v) is 7.98. The van der Waals surface area contributed by atoms with Crippen LogP contribution < -0.4 is 5.32 Å². The largest absolute Gasteiger partial charge is 0.351 e. The van der Waals surface area contributed by atoms with E-state index in [0.29, 0.717) is 23.9 Å². The van der Waals surface area contributed by atoms with E-state index in [4.69, 9.17) is 5.10 Å². The molecule has 2 aromatic heterocycles. The van der Waals surface area contributed by atoms with Crippen molar-refractivity contribution in [3.05, 3.63) is 16.6 Å². The number of fused-ring (bicyclic) bond motifs is 1. The topological polar surface area (TPSA) is 67.2 Å². The molecule has 0 bridgehead atoms. The van der Waals surface area contributed by atoms with Crippen LogP contribution in [0.4, 0.5) is 0 Å². The third kappa shape index (κ3) is 3.86. The number of aromatic nitrogens is 2. The summed E-state index contributed by atoms with van der Waals surface area (Å²) in [5.74, 6) is -0.0947. The van der Waals surface area contributed by atoms with E-state index in [1.807, 2.05) is 13.0 Å². The quantitative estimate of drug-likeness (QED) is 0.889. The van der Waals surface area contributed by atoms with E-state index in [0.717, 1.165) is 15.9 Å². The van der Waals surface area contributed by atoms with Crippen LogP contribution in [0.3, 0.4) is 0 Å². The molecular weight excluding hydrogens is 336 g/mol. The normalized spacial score (nSPS) is 15.5. The molecule has 1 aliphatic rings. The Labute approximate surface area is 152 Å². The number of nitrogens with zero attached hydrogens (tertiary/aromatic N) is 3. The van der Waals surface area contributed by atoms with E-state index in [1.54, 1.807) is 14.1 Å². The predicted octanol–water partition coefficient (Wildman–Crippen LogP) is 3.12. The number of thiophene rings is 1. The summed E-state index contributed by atoms with van der Waals surface area (Å²) in [6.07, 6.45) is 6.47. The highest BCUT2D eigenvalue weighted by atomic mass is 32.1. The van der Waals surface area contributed by atoms with Gasteiger partial charge in [0.15, 0.2) is 0 Å². The summed E-state index contributed by atoms with van der Waals surface area (Å²) in [6.45, 7) is 2.36. The zero-order valence-corrected chi connectivity index (χ0v) is 16.0. The molecule has 1 fully saturated rings. The summed E-state index contributed by atoms with van der Waals surface area (Å²) < 4.78 is 2.14. The van der Waals surface area contributed by atoms with Crippen molar-refractivity contribution in [3.63, 3.8) is 0 Å². The van der Waals surface area contributed by atoms with Gasteiger partial charge in [0.1, 0.15) is 4.83 Å². The van der Waals surface area contributed by atoms with Crippen LogP contribution in [0.15, 0.2) is 6.07 Å². The Kier molecular flexibility index (Phi) is 5.42. The fourth-order valence-electron chi connectivity index (χ4n) is 3.35. The summed E-state index contributed by atoms with van der Waals surface area (Å²) in [5, 5.41) is 8.65. The molecule has 0 atom stereocenters. The number of carbonyl (C=O) groups excluding carboxylic acids is 2. The lowest BCUT2D eigenvalue weighted by molar-refractivity contribution is -0.128. The first-order valence-electron chi connectivity index (χ1n) is 8.94. The van der Waals surface area contributed by atoms with Gasteiger partial charge in [-0.1, -0.05) is 19.3 Å².